The van der Waals surface area contributed by atoms with Crippen LogP contribution >= 0.6 is 0 Å². The molecule has 0 saturated carbocycles. The Labute approximate surface area is 93.5 Å². The summed E-state index contributed by atoms with van der Waals surface area (Å²) >= 11 is 0. The summed E-state index contributed by atoms with van der Waals surface area (Å²) in [6.07, 6.45) is 3.44. The number of nitrogens with one attached hydrogen (secondary N) is 1. The Bertz CT molecular complexity index is 201. The third-order valence-electron chi connectivity index (χ3n) is 3.31. The largest absolute Gasteiger partial charge is 0.317 e. The third-order valence-corrected chi connectivity index (χ3v) is 3.31. The second-order valence-corrected chi connectivity index (χ2v) is 4.34. The minimum absolute atomic E-state index is 0.144. The Kier molecular flexibility index (Phi) is 5.67. The van der Waals surface area contributed by atoms with E-state index in [0.717, 1.165) is 38.5 Å². The molecule has 3 heteroatoms. The molecule has 0 spiro atoms. The van der Waals surface area contributed by atoms with Gasteiger partial charge < -0.3 is 5.32 Å². The predicted octanol–water partition coefficient (Wildman–Crippen LogP) is 1.61. The summed E-state index contributed by atoms with van der Waals surface area (Å²) in [6, 6.07) is 2.53. The van der Waals surface area contributed by atoms with E-state index in [0.29, 0.717) is 0 Å². The van der Waals surface area contributed by atoms with E-state index in [1.54, 1.807) is 0 Å². The smallest absolute Gasteiger partial charge is 0.0975 e. The number of nitrogens with zero attached hydrogens (tertiary/aromatic N) is 2. The van der Waals surface area contributed by atoms with Crippen molar-refractivity contribution >= 4 is 0 Å². The first kappa shape index (κ1) is 12.5. The summed E-state index contributed by atoms with van der Waals surface area (Å²) in [6.45, 7) is 8.66. The molecule has 0 aromatic carbocycles. The first-order chi connectivity index (χ1) is 7.31. The average molecular weight is 209 g/mol. The van der Waals surface area contributed by atoms with Crippen LogP contribution in [0.5, 0.6) is 0 Å². The van der Waals surface area contributed by atoms with Gasteiger partial charge in [-0.3, -0.25) is 4.90 Å². The molecule has 0 amide bonds. The normalized spacial score (nSPS) is 21.1. The molecular weight excluding hydrogens is 186 g/mol. The highest BCUT2D eigenvalue weighted by Gasteiger charge is 2.23. The highest BCUT2D eigenvalue weighted by molar-refractivity contribution is 4.92. The summed E-state index contributed by atoms with van der Waals surface area (Å²) in [5.74, 6) is 0.817. The van der Waals surface area contributed by atoms with Crippen molar-refractivity contribution in [2.45, 2.75) is 39.2 Å². The van der Waals surface area contributed by atoms with Crippen LogP contribution in [0.25, 0.3) is 0 Å². The summed E-state index contributed by atoms with van der Waals surface area (Å²) in [7, 11) is 0. The Morgan fingerprint density at radius 3 is 2.53 bits per heavy atom. The minimum Gasteiger partial charge on any atom is -0.317 e. The Hall–Kier alpha value is -0.590. The second-order valence-electron chi connectivity index (χ2n) is 4.34. The lowest BCUT2D eigenvalue weighted by atomic mass is 9.95. The maximum Gasteiger partial charge on any atom is 0.0975 e. The molecule has 3 nitrogen and oxygen atoms in total. The van der Waals surface area contributed by atoms with Gasteiger partial charge in [0.05, 0.1) is 12.1 Å². The quantitative estimate of drug-likeness (QED) is 0.747. The van der Waals surface area contributed by atoms with E-state index in [-0.39, 0.29) is 6.04 Å². The fourth-order valence-electron chi connectivity index (χ4n) is 2.25. The van der Waals surface area contributed by atoms with Crippen LogP contribution in [0.2, 0.25) is 0 Å². The van der Waals surface area contributed by atoms with Gasteiger partial charge in [-0.15, -0.1) is 0 Å². The number of hydrogen-bond donors (Lipinski definition) is 1. The number of nitriles is 1. The average Bonchev–Trinajstić information content (AvgIpc) is 2.29. The monoisotopic (exact) mass is 209 g/mol. The predicted molar refractivity (Wildman–Crippen MR) is 62.5 cm³/mol. The molecule has 1 unspecified atom stereocenters. The SMILES string of the molecule is CCNCC1CCN(C(C#N)CC)CC1. The molecule has 1 aliphatic rings. The van der Waals surface area contributed by atoms with Crippen molar-refractivity contribution in [1.82, 2.24) is 10.2 Å². The molecule has 1 N–H and O–H groups in total. The van der Waals surface area contributed by atoms with Crippen LogP contribution < -0.4 is 5.32 Å². The number of piperidine rings is 1. The van der Waals surface area contributed by atoms with E-state index in [4.69, 9.17) is 5.26 Å². The second kappa shape index (κ2) is 6.81. The number of rotatable bonds is 5. The molecular formula is C12H23N3. The van der Waals surface area contributed by atoms with Crippen molar-refractivity contribution in [1.29, 1.82) is 5.26 Å². The Morgan fingerprint density at radius 1 is 1.40 bits per heavy atom. The lowest BCUT2D eigenvalue weighted by Gasteiger charge is -2.34. The molecule has 1 aliphatic heterocycles. The van der Waals surface area contributed by atoms with E-state index < -0.39 is 0 Å². The van der Waals surface area contributed by atoms with E-state index in [1.807, 2.05) is 0 Å². The molecule has 0 aromatic heterocycles. The summed E-state index contributed by atoms with van der Waals surface area (Å²) in [4.78, 5) is 2.34. The molecule has 1 fully saturated rings. The fraction of sp³-hybridized carbons (Fsp3) is 0.917. The topological polar surface area (TPSA) is 39.1 Å². The lowest BCUT2D eigenvalue weighted by Crippen LogP contribution is -2.42. The van der Waals surface area contributed by atoms with Crippen molar-refractivity contribution in [3.05, 3.63) is 0 Å². The van der Waals surface area contributed by atoms with E-state index in [2.05, 4.69) is 30.1 Å². The molecule has 0 aromatic rings. The van der Waals surface area contributed by atoms with Crippen molar-refractivity contribution in [2.75, 3.05) is 26.2 Å². The first-order valence-electron chi connectivity index (χ1n) is 6.16. The van der Waals surface area contributed by atoms with Gasteiger partial charge in [-0.1, -0.05) is 13.8 Å². The molecule has 1 heterocycles. The van der Waals surface area contributed by atoms with Gasteiger partial charge in [0.15, 0.2) is 0 Å². The fourth-order valence-corrected chi connectivity index (χ4v) is 2.25. The van der Waals surface area contributed by atoms with Gasteiger partial charge in [0.2, 0.25) is 0 Å². The zero-order chi connectivity index (χ0) is 11.1. The lowest BCUT2D eigenvalue weighted by molar-refractivity contribution is 0.154. The Morgan fingerprint density at radius 2 is 2.07 bits per heavy atom. The zero-order valence-electron chi connectivity index (χ0n) is 10.00. The molecule has 86 valence electrons. The van der Waals surface area contributed by atoms with Crippen LogP contribution in [-0.2, 0) is 0 Å². The molecule has 1 rings (SSSR count). The van der Waals surface area contributed by atoms with Crippen molar-refractivity contribution in [3.63, 3.8) is 0 Å². The highest BCUT2D eigenvalue weighted by atomic mass is 15.2. The minimum atomic E-state index is 0.144. The van der Waals surface area contributed by atoms with Crippen molar-refractivity contribution in [2.24, 2.45) is 5.92 Å². The van der Waals surface area contributed by atoms with Crippen molar-refractivity contribution < 1.29 is 0 Å². The van der Waals surface area contributed by atoms with Gasteiger partial charge in [0.1, 0.15) is 0 Å². The Balaban J connectivity index is 2.26. The summed E-state index contributed by atoms with van der Waals surface area (Å²) in [5, 5.41) is 12.4. The van der Waals surface area contributed by atoms with Crippen LogP contribution in [0.3, 0.4) is 0 Å². The first-order valence-corrected chi connectivity index (χ1v) is 6.16. The van der Waals surface area contributed by atoms with Crippen LogP contribution in [0.15, 0.2) is 0 Å². The number of likely N-dealkylation sites (tertiary alicyclic amines) is 1. The zero-order valence-corrected chi connectivity index (χ0v) is 10.00. The molecule has 1 saturated heterocycles. The van der Waals surface area contributed by atoms with Gasteiger partial charge in [-0.05, 0) is 51.4 Å². The standard InChI is InChI=1S/C12H23N3/c1-3-12(9-13)15-7-5-11(6-8-15)10-14-4-2/h11-12,14H,3-8,10H2,1-2H3. The van der Waals surface area contributed by atoms with E-state index >= 15 is 0 Å². The highest BCUT2D eigenvalue weighted by Crippen LogP contribution is 2.19. The molecule has 0 bridgehead atoms. The summed E-state index contributed by atoms with van der Waals surface area (Å²) < 4.78 is 0. The maximum absolute atomic E-state index is 8.98. The van der Waals surface area contributed by atoms with E-state index in [1.165, 1.54) is 12.8 Å². The molecule has 0 radical (unpaired) electrons. The molecule has 15 heavy (non-hydrogen) atoms. The van der Waals surface area contributed by atoms with Crippen LogP contribution in [0, 0.1) is 17.2 Å². The van der Waals surface area contributed by atoms with Gasteiger partial charge in [-0.2, -0.15) is 5.26 Å². The molecule has 1 atom stereocenters. The summed E-state index contributed by atoms with van der Waals surface area (Å²) in [5.41, 5.74) is 0. The van der Waals surface area contributed by atoms with E-state index in [9.17, 15) is 0 Å². The van der Waals surface area contributed by atoms with Crippen molar-refractivity contribution in [3.8, 4) is 6.07 Å². The third kappa shape index (κ3) is 3.81. The van der Waals surface area contributed by atoms with Gasteiger partial charge >= 0.3 is 0 Å². The van der Waals surface area contributed by atoms with Gasteiger partial charge in [0.25, 0.3) is 0 Å². The van der Waals surface area contributed by atoms with Crippen LogP contribution in [0.4, 0.5) is 0 Å². The van der Waals surface area contributed by atoms with Gasteiger partial charge in [0, 0.05) is 0 Å². The number of hydrogen-bond acceptors (Lipinski definition) is 3. The van der Waals surface area contributed by atoms with Gasteiger partial charge in [-0.25, -0.2) is 0 Å². The molecule has 0 aliphatic carbocycles. The van der Waals surface area contributed by atoms with Crippen LogP contribution in [-0.4, -0.2) is 37.1 Å². The van der Waals surface area contributed by atoms with Crippen LogP contribution in [0.1, 0.15) is 33.1 Å². The maximum atomic E-state index is 8.98.